The number of aromatic nitrogens is 2. The first kappa shape index (κ1) is 19.5. The summed E-state index contributed by atoms with van der Waals surface area (Å²) in [6.45, 7) is 3.92. The van der Waals surface area contributed by atoms with E-state index < -0.39 is 0 Å². The molecular weight excluding hydrogens is 408 g/mol. The number of aromatic amines is 1. The predicted molar refractivity (Wildman–Crippen MR) is 116 cm³/mol. The summed E-state index contributed by atoms with van der Waals surface area (Å²) in [6, 6.07) is 4.96. The van der Waals surface area contributed by atoms with Gasteiger partial charge in [0.2, 0.25) is 0 Å². The lowest BCUT2D eigenvalue weighted by Gasteiger charge is -2.11. The molecule has 1 aliphatic carbocycles. The number of fused-ring (bicyclic) bond motifs is 3. The molecule has 1 fully saturated rings. The minimum Gasteiger partial charge on any atom is -0.349 e. The first-order chi connectivity index (χ1) is 14.0. The molecule has 2 amide bonds. The highest BCUT2D eigenvalue weighted by molar-refractivity contribution is 7.73. The Kier molecular flexibility index (Phi) is 5.33. The number of nitrogens with one attached hydrogen (secondary N) is 3. The average molecular weight is 429 g/mol. The van der Waals surface area contributed by atoms with Crippen LogP contribution in [0.2, 0.25) is 0 Å². The van der Waals surface area contributed by atoms with Gasteiger partial charge in [0.1, 0.15) is 10.5 Å². The van der Waals surface area contributed by atoms with Crippen molar-refractivity contribution in [3.05, 3.63) is 55.6 Å². The van der Waals surface area contributed by atoms with Gasteiger partial charge in [-0.3, -0.25) is 18.8 Å². The molecule has 2 aromatic heterocycles. The highest BCUT2D eigenvalue weighted by Gasteiger charge is 2.23. The molecule has 0 atom stereocenters. The van der Waals surface area contributed by atoms with Crippen LogP contribution in [0.4, 0.5) is 0 Å². The number of carbonyl (C=O) groups excluding carboxylic acids is 2. The van der Waals surface area contributed by atoms with E-state index in [-0.39, 0.29) is 23.4 Å². The summed E-state index contributed by atoms with van der Waals surface area (Å²) in [7, 11) is 0. The summed E-state index contributed by atoms with van der Waals surface area (Å²) in [5.41, 5.74) is 0.921. The van der Waals surface area contributed by atoms with E-state index in [0.717, 1.165) is 37.0 Å². The van der Waals surface area contributed by atoms with Crippen LogP contribution in [0.15, 0.2) is 35.6 Å². The van der Waals surface area contributed by atoms with E-state index in [2.05, 4.69) is 22.2 Å². The number of hydrogen-bond donors (Lipinski definition) is 3. The highest BCUT2D eigenvalue weighted by atomic mass is 32.1. The van der Waals surface area contributed by atoms with Gasteiger partial charge in [-0.15, -0.1) is 6.58 Å². The quantitative estimate of drug-likeness (QED) is 0.430. The smallest absolute Gasteiger partial charge is 0.265 e. The number of carbonyl (C=O) groups is 2. The van der Waals surface area contributed by atoms with E-state index in [1.165, 1.54) is 0 Å². The SMILES string of the molecule is C=CCNC(=O)c1ccc2c(=O)[nH]c3c(C(=O)NC4CCCC4)sc(=S)n3c2c1. The maximum absolute atomic E-state index is 12.8. The standard InChI is InChI=1S/C20H20N4O3S2/c1-2-9-21-17(25)11-7-8-13-14(10-11)24-16(23-18(13)26)15(29-20(24)28)19(27)22-12-5-3-4-6-12/h2,7-8,10,12H,1,3-6,9H2,(H,21,25)(H,22,27)(H,23,26). The van der Waals surface area contributed by atoms with Gasteiger partial charge in [0.05, 0.1) is 10.9 Å². The Balaban J connectivity index is 1.84. The van der Waals surface area contributed by atoms with Crippen LogP contribution >= 0.6 is 23.6 Å². The Morgan fingerprint density at radius 1 is 1.31 bits per heavy atom. The summed E-state index contributed by atoms with van der Waals surface area (Å²) in [5, 5.41) is 6.15. The Labute approximate surface area is 175 Å². The Morgan fingerprint density at radius 2 is 2.07 bits per heavy atom. The van der Waals surface area contributed by atoms with Gasteiger partial charge in [-0.05, 0) is 43.3 Å². The third-order valence-electron chi connectivity index (χ3n) is 5.09. The molecule has 1 aromatic carbocycles. The molecule has 0 aliphatic heterocycles. The first-order valence-corrected chi connectivity index (χ1v) is 10.6. The van der Waals surface area contributed by atoms with Crippen LogP contribution in [0.3, 0.4) is 0 Å². The third kappa shape index (κ3) is 3.63. The fourth-order valence-corrected chi connectivity index (χ4v) is 4.96. The van der Waals surface area contributed by atoms with Crippen molar-refractivity contribution in [2.45, 2.75) is 31.7 Å². The normalized spacial score (nSPS) is 14.3. The molecule has 2 heterocycles. The lowest BCUT2D eigenvalue weighted by molar-refractivity contribution is 0.0939. The number of thiazole rings is 1. The number of hydrogen-bond acceptors (Lipinski definition) is 5. The zero-order valence-electron chi connectivity index (χ0n) is 15.6. The van der Waals surface area contributed by atoms with Crippen LogP contribution < -0.4 is 16.2 Å². The number of rotatable bonds is 5. The van der Waals surface area contributed by atoms with E-state index in [9.17, 15) is 14.4 Å². The molecule has 0 spiro atoms. The minimum atomic E-state index is -0.333. The van der Waals surface area contributed by atoms with Crippen molar-refractivity contribution in [3.8, 4) is 0 Å². The number of nitrogens with zero attached hydrogens (tertiary/aromatic N) is 1. The summed E-state index contributed by atoms with van der Waals surface area (Å²) in [5.74, 6) is -0.508. The van der Waals surface area contributed by atoms with Crippen LogP contribution in [0.25, 0.3) is 16.6 Å². The summed E-state index contributed by atoms with van der Waals surface area (Å²) < 4.78 is 2.09. The second-order valence-electron chi connectivity index (χ2n) is 7.02. The van der Waals surface area contributed by atoms with Crippen LogP contribution in [-0.4, -0.2) is 33.8 Å². The van der Waals surface area contributed by atoms with Gasteiger partial charge in [0.15, 0.2) is 3.95 Å². The maximum atomic E-state index is 12.8. The van der Waals surface area contributed by atoms with E-state index in [1.54, 1.807) is 28.7 Å². The molecule has 0 saturated heterocycles. The van der Waals surface area contributed by atoms with Crippen molar-refractivity contribution in [3.63, 3.8) is 0 Å². The zero-order valence-corrected chi connectivity index (χ0v) is 17.3. The van der Waals surface area contributed by atoms with E-state index in [0.29, 0.717) is 37.5 Å². The zero-order chi connectivity index (χ0) is 20.5. The summed E-state index contributed by atoms with van der Waals surface area (Å²) >= 11 is 6.64. The fraction of sp³-hybridized carbons (Fsp3) is 0.300. The van der Waals surface area contributed by atoms with E-state index >= 15 is 0 Å². The van der Waals surface area contributed by atoms with Crippen molar-refractivity contribution in [2.24, 2.45) is 0 Å². The minimum absolute atomic E-state index is 0.158. The molecule has 9 heteroatoms. The molecule has 29 heavy (non-hydrogen) atoms. The van der Waals surface area contributed by atoms with Gasteiger partial charge < -0.3 is 15.6 Å². The van der Waals surface area contributed by atoms with Crippen molar-refractivity contribution in [1.29, 1.82) is 0 Å². The van der Waals surface area contributed by atoms with E-state index in [1.807, 2.05) is 0 Å². The molecule has 0 radical (unpaired) electrons. The largest absolute Gasteiger partial charge is 0.349 e. The molecule has 7 nitrogen and oxygen atoms in total. The van der Waals surface area contributed by atoms with Gasteiger partial charge in [0.25, 0.3) is 17.4 Å². The average Bonchev–Trinajstić information content (AvgIpc) is 3.33. The fourth-order valence-electron chi connectivity index (χ4n) is 3.67. The van der Waals surface area contributed by atoms with Crippen LogP contribution in [0.1, 0.15) is 45.7 Å². The summed E-state index contributed by atoms with van der Waals surface area (Å²) in [6.07, 6.45) is 5.73. The molecule has 4 rings (SSSR count). The lowest BCUT2D eigenvalue weighted by Crippen LogP contribution is -2.32. The van der Waals surface area contributed by atoms with E-state index in [4.69, 9.17) is 12.2 Å². The molecule has 1 saturated carbocycles. The first-order valence-electron chi connectivity index (χ1n) is 9.41. The van der Waals surface area contributed by atoms with Crippen molar-refractivity contribution >= 4 is 51.9 Å². The van der Waals surface area contributed by atoms with Crippen LogP contribution in [0, 0.1) is 3.95 Å². The molecular formula is C20H20N4O3S2. The van der Waals surface area contributed by atoms with Crippen molar-refractivity contribution < 1.29 is 9.59 Å². The topological polar surface area (TPSA) is 95.5 Å². The maximum Gasteiger partial charge on any atom is 0.265 e. The van der Waals surface area contributed by atoms with Gasteiger partial charge in [0, 0.05) is 18.2 Å². The number of amides is 2. The van der Waals surface area contributed by atoms with Gasteiger partial charge in [-0.25, -0.2) is 0 Å². The molecule has 3 aromatic rings. The second kappa shape index (κ2) is 7.92. The molecule has 0 unspecified atom stereocenters. The van der Waals surface area contributed by atoms with Crippen molar-refractivity contribution in [1.82, 2.24) is 20.0 Å². The number of benzene rings is 1. The molecule has 1 aliphatic rings. The number of H-pyrrole nitrogens is 1. The third-order valence-corrected chi connectivity index (χ3v) is 6.46. The lowest BCUT2D eigenvalue weighted by atomic mass is 10.1. The Hall–Kier alpha value is -2.78. The van der Waals surface area contributed by atoms with Gasteiger partial charge in [-0.1, -0.05) is 30.3 Å². The highest BCUT2D eigenvalue weighted by Crippen LogP contribution is 2.25. The molecule has 0 bridgehead atoms. The predicted octanol–water partition coefficient (Wildman–Crippen LogP) is 3.16. The molecule has 150 valence electrons. The Bertz CT molecular complexity index is 1250. The molecule has 3 N–H and O–H groups in total. The van der Waals surface area contributed by atoms with Crippen LogP contribution in [-0.2, 0) is 0 Å². The van der Waals surface area contributed by atoms with Gasteiger partial charge in [-0.2, -0.15) is 0 Å². The monoisotopic (exact) mass is 428 g/mol. The van der Waals surface area contributed by atoms with Crippen molar-refractivity contribution in [2.75, 3.05) is 6.54 Å². The van der Waals surface area contributed by atoms with Gasteiger partial charge >= 0.3 is 0 Å². The summed E-state index contributed by atoms with van der Waals surface area (Å²) in [4.78, 5) is 40.9. The Morgan fingerprint density at radius 3 is 2.79 bits per heavy atom. The second-order valence-corrected chi connectivity index (χ2v) is 8.66. The van der Waals surface area contributed by atoms with Crippen LogP contribution in [0.5, 0.6) is 0 Å².